The molecule has 1 heterocycles. The van der Waals surface area contributed by atoms with Crippen molar-refractivity contribution in [3.8, 4) is 0 Å². The van der Waals surface area contributed by atoms with Gasteiger partial charge in [0.05, 0.1) is 0 Å². The number of nitrogens with two attached hydrogens (primary N) is 1. The van der Waals surface area contributed by atoms with Crippen LogP contribution >= 0.6 is 0 Å². The van der Waals surface area contributed by atoms with E-state index >= 15 is 0 Å². The summed E-state index contributed by atoms with van der Waals surface area (Å²) in [5.74, 6) is 1.89. The van der Waals surface area contributed by atoms with Gasteiger partial charge in [0.1, 0.15) is 17.4 Å². The van der Waals surface area contributed by atoms with Gasteiger partial charge in [0.25, 0.3) is 0 Å². The van der Waals surface area contributed by atoms with Crippen molar-refractivity contribution in [2.45, 2.75) is 0 Å². The van der Waals surface area contributed by atoms with Crippen LogP contribution in [0.5, 0.6) is 0 Å². The average Bonchev–Trinajstić information content (AvgIpc) is 2.14. The van der Waals surface area contributed by atoms with Crippen LogP contribution in [0.2, 0.25) is 0 Å². The van der Waals surface area contributed by atoms with Crippen LogP contribution < -0.4 is 5.73 Å². The Kier molecular flexibility index (Phi) is 2.38. The Balaban J connectivity index is 0.000000640. The van der Waals surface area contributed by atoms with Gasteiger partial charge in [0.2, 0.25) is 0 Å². The predicted molar refractivity (Wildman–Crippen MR) is 33.6 cm³/mol. The molecule has 0 spiro atoms. The molecule has 0 aliphatic carbocycles. The summed E-state index contributed by atoms with van der Waals surface area (Å²) in [5, 5.41) is 0. The van der Waals surface area contributed by atoms with E-state index in [0.29, 0.717) is 5.57 Å². The Labute approximate surface area is 51.7 Å². The van der Waals surface area contributed by atoms with Gasteiger partial charge in [0.15, 0.2) is 0 Å². The lowest BCUT2D eigenvalue weighted by atomic mass is 10.3. The van der Waals surface area contributed by atoms with E-state index in [1.165, 1.54) is 12.3 Å². The minimum absolute atomic E-state index is 0. The molecule has 0 unspecified atom stereocenters. The quantitative estimate of drug-likeness (QED) is 0.413. The third-order valence-corrected chi connectivity index (χ3v) is 0.841. The van der Waals surface area contributed by atoms with Crippen molar-refractivity contribution in [2.24, 2.45) is 10.7 Å². The van der Waals surface area contributed by atoms with Gasteiger partial charge in [-0.25, -0.2) is 9.79 Å². The molecule has 0 fully saturated rings. The maximum atomic E-state index is 9.84. The third kappa shape index (κ3) is 1.25. The summed E-state index contributed by atoms with van der Waals surface area (Å²) in [4.78, 5) is 13.4. The molecule has 0 saturated carbocycles. The number of amidine groups is 1. The summed E-state index contributed by atoms with van der Waals surface area (Å²) in [6, 6.07) is 0. The van der Waals surface area contributed by atoms with Gasteiger partial charge in [-0.1, -0.05) is 0 Å². The molecule has 0 radical (unpaired) electrons. The molecule has 4 heteroatoms. The summed E-state index contributed by atoms with van der Waals surface area (Å²) in [7, 11) is 0. The minimum atomic E-state index is 0. The zero-order valence-corrected chi connectivity index (χ0v) is 4.59. The fourth-order valence-electron chi connectivity index (χ4n) is 0.433. The molecule has 0 aromatic rings. The van der Waals surface area contributed by atoms with Crippen molar-refractivity contribution in [2.75, 3.05) is 0 Å². The van der Waals surface area contributed by atoms with Crippen LogP contribution in [0.15, 0.2) is 22.8 Å². The zero-order chi connectivity index (χ0) is 5.98. The normalized spacial score (nSPS) is 14.2. The Hall–Kier alpha value is -1.38. The summed E-state index contributed by atoms with van der Waals surface area (Å²) in [5.41, 5.74) is 5.52. The highest BCUT2D eigenvalue weighted by molar-refractivity contribution is 6.08. The highest BCUT2D eigenvalue weighted by atomic mass is 16.1. The van der Waals surface area contributed by atoms with Crippen LogP contribution in [0.25, 0.3) is 0 Å². The highest BCUT2D eigenvalue weighted by Crippen LogP contribution is 1.99. The van der Waals surface area contributed by atoms with Gasteiger partial charge >= 0.3 is 0 Å². The van der Waals surface area contributed by atoms with Crippen molar-refractivity contribution < 1.29 is 10.3 Å². The fraction of sp³-hybridized carbons (Fsp3) is 0. The summed E-state index contributed by atoms with van der Waals surface area (Å²) in [6.45, 7) is 0. The first kappa shape index (κ1) is 7.62. The number of nitrogens with zero attached hydrogens (tertiary/aromatic N) is 1. The number of aliphatic imine (C=N–C) groups is 1. The van der Waals surface area contributed by atoms with E-state index in [-0.39, 0.29) is 11.3 Å². The summed E-state index contributed by atoms with van der Waals surface area (Å²) >= 11 is 0. The molecule has 0 bridgehead atoms. The first-order valence-corrected chi connectivity index (χ1v) is 2.10. The molecule has 1 aliphatic heterocycles. The molecule has 0 amide bonds. The third-order valence-electron chi connectivity index (χ3n) is 0.841. The molecule has 1 rings (SSSR count). The van der Waals surface area contributed by atoms with Gasteiger partial charge in [0, 0.05) is 6.20 Å². The molecule has 0 atom stereocenters. The highest BCUT2D eigenvalue weighted by Gasteiger charge is 2.01. The van der Waals surface area contributed by atoms with E-state index in [1.807, 2.05) is 0 Å². The second-order valence-corrected chi connectivity index (χ2v) is 1.35. The molecular formula is C5H6N2O2. The second-order valence-electron chi connectivity index (χ2n) is 1.35. The lowest BCUT2D eigenvalue weighted by Gasteiger charge is -1.82. The van der Waals surface area contributed by atoms with E-state index in [0.717, 1.165) is 0 Å². The van der Waals surface area contributed by atoms with Gasteiger partial charge in [-0.15, -0.1) is 0 Å². The van der Waals surface area contributed by atoms with E-state index in [9.17, 15) is 4.79 Å². The van der Waals surface area contributed by atoms with Crippen LogP contribution in [0.1, 0.15) is 0 Å². The van der Waals surface area contributed by atoms with Crippen molar-refractivity contribution >= 4 is 11.8 Å². The lowest BCUT2D eigenvalue weighted by molar-refractivity contribution is 0.568. The van der Waals surface area contributed by atoms with Crippen molar-refractivity contribution in [3.05, 3.63) is 17.8 Å². The molecular weight excluding hydrogens is 120 g/mol. The van der Waals surface area contributed by atoms with Gasteiger partial charge in [-0.2, -0.15) is 0 Å². The number of carbonyl (C=O) groups excluding carboxylic acids is 1. The topological polar surface area (TPSA) is 86.9 Å². The standard InChI is InChI=1S/C5H4N2O.H2O/c6-5-4(3-8)1-2-7-5;/h1-2H,(H2,6,7);1H2. The molecule has 0 saturated heterocycles. The summed E-state index contributed by atoms with van der Waals surface area (Å²) < 4.78 is 0. The molecule has 48 valence electrons. The predicted octanol–water partition coefficient (Wildman–Crippen LogP) is -1.20. The molecule has 4 nitrogen and oxygen atoms in total. The molecule has 1 aliphatic rings. The first-order valence-electron chi connectivity index (χ1n) is 2.10. The second kappa shape index (κ2) is 2.81. The largest absolute Gasteiger partial charge is 0.412 e. The summed E-state index contributed by atoms with van der Waals surface area (Å²) in [6.07, 6.45) is 2.98. The number of hydrogen-bond donors (Lipinski definition) is 1. The minimum Gasteiger partial charge on any atom is -0.412 e. The monoisotopic (exact) mass is 126 g/mol. The number of rotatable bonds is 0. The average molecular weight is 126 g/mol. The van der Waals surface area contributed by atoms with Crippen molar-refractivity contribution in [3.63, 3.8) is 0 Å². The van der Waals surface area contributed by atoms with Crippen LogP contribution in [0, 0.1) is 0 Å². The van der Waals surface area contributed by atoms with Gasteiger partial charge < -0.3 is 11.2 Å². The Bertz CT molecular complexity index is 211. The smallest absolute Gasteiger partial charge is 0.141 e. The van der Waals surface area contributed by atoms with E-state index < -0.39 is 0 Å². The Morgan fingerprint density at radius 1 is 1.67 bits per heavy atom. The first-order chi connectivity index (χ1) is 3.84. The van der Waals surface area contributed by atoms with Crippen LogP contribution in [0.3, 0.4) is 0 Å². The van der Waals surface area contributed by atoms with Gasteiger partial charge in [-0.3, -0.25) is 0 Å². The maximum absolute atomic E-state index is 9.84. The van der Waals surface area contributed by atoms with Gasteiger partial charge in [-0.05, 0) is 6.08 Å². The maximum Gasteiger partial charge on any atom is 0.141 e. The lowest BCUT2D eigenvalue weighted by Crippen LogP contribution is -2.10. The molecule has 4 N–H and O–H groups in total. The van der Waals surface area contributed by atoms with Crippen molar-refractivity contribution in [1.29, 1.82) is 0 Å². The number of hydrogen-bond acceptors (Lipinski definition) is 3. The van der Waals surface area contributed by atoms with Crippen LogP contribution in [-0.4, -0.2) is 17.3 Å². The SMILES string of the molecule is NC1=NC=CC1=C=O.O. The zero-order valence-electron chi connectivity index (χ0n) is 4.59. The molecule has 0 aromatic carbocycles. The van der Waals surface area contributed by atoms with E-state index in [1.54, 1.807) is 5.94 Å². The van der Waals surface area contributed by atoms with Crippen molar-refractivity contribution in [1.82, 2.24) is 0 Å². The Morgan fingerprint density at radius 2 is 2.33 bits per heavy atom. The fourth-order valence-corrected chi connectivity index (χ4v) is 0.433. The van der Waals surface area contributed by atoms with E-state index in [2.05, 4.69) is 4.99 Å². The molecule has 9 heavy (non-hydrogen) atoms. The van der Waals surface area contributed by atoms with E-state index in [4.69, 9.17) is 5.73 Å². The molecule has 0 aromatic heterocycles. The Morgan fingerprint density at radius 3 is 2.56 bits per heavy atom. The van der Waals surface area contributed by atoms with Crippen LogP contribution in [-0.2, 0) is 4.79 Å². The van der Waals surface area contributed by atoms with Crippen LogP contribution in [0.4, 0.5) is 0 Å².